The highest BCUT2D eigenvalue weighted by molar-refractivity contribution is 5.69. The maximum absolute atomic E-state index is 11.7. The van der Waals surface area contributed by atoms with Gasteiger partial charge >= 0.3 is 5.97 Å². The van der Waals surface area contributed by atoms with E-state index >= 15 is 0 Å². The van der Waals surface area contributed by atoms with Crippen LogP contribution in [0.2, 0.25) is 0 Å². The van der Waals surface area contributed by atoms with Crippen molar-refractivity contribution in [1.29, 1.82) is 0 Å². The highest BCUT2D eigenvalue weighted by Gasteiger charge is 2.00. The normalized spacial score (nSPS) is 11.9. The van der Waals surface area contributed by atoms with Gasteiger partial charge in [0.05, 0.1) is 0 Å². The molecule has 2 nitrogen and oxygen atoms in total. The number of hydrogen-bond donors (Lipinski definition) is 0. The van der Waals surface area contributed by atoms with Gasteiger partial charge in [-0.05, 0) is 79.7 Å². The van der Waals surface area contributed by atoms with Crippen molar-refractivity contribution in [2.75, 3.05) is 6.61 Å². The first-order valence-electron chi connectivity index (χ1n) is 9.05. The van der Waals surface area contributed by atoms with Crippen LogP contribution in [0.1, 0.15) is 80.1 Å². The average Bonchev–Trinajstić information content (AvgIpc) is 2.46. The Morgan fingerprint density at radius 1 is 0.667 bits per heavy atom. The van der Waals surface area contributed by atoms with Crippen LogP contribution in [0, 0.1) is 0 Å². The van der Waals surface area contributed by atoms with Crippen molar-refractivity contribution in [3.05, 3.63) is 46.6 Å². The van der Waals surface area contributed by atoms with E-state index < -0.39 is 0 Å². The lowest BCUT2D eigenvalue weighted by Gasteiger charge is -2.03. The minimum atomic E-state index is -0.114. The van der Waals surface area contributed by atoms with Gasteiger partial charge in [0.25, 0.3) is 0 Å². The maximum atomic E-state index is 11.7. The quantitative estimate of drug-likeness (QED) is 0.311. The Kier molecular flexibility index (Phi) is 12.9. The first-order valence-corrected chi connectivity index (χ1v) is 9.05. The van der Waals surface area contributed by atoms with Crippen molar-refractivity contribution in [2.45, 2.75) is 80.1 Å². The summed E-state index contributed by atoms with van der Waals surface area (Å²) in [5.41, 5.74) is 5.32. The molecule has 0 aliphatic rings. The molecule has 0 rings (SSSR count). The molecule has 0 aromatic carbocycles. The molecular weight excluding hydrogens is 296 g/mol. The lowest BCUT2D eigenvalue weighted by atomic mass is 10.1. The van der Waals surface area contributed by atoms with Crippen molar-refractivity contribution in [1.82, 2.24) is 0 Å². The van der Waals surface area contributed by atoms with E-state index in [0.717, 1.165) is 32.1 Å². The SMILES string of the molecule is CC(C)=CCC/C(C)=C\COC(=O)CC/C=C(\C)CCC=C(C)C. The van der Waals surface area contributed by atoms with E-state index in [1.807, 2.05) is 6.08 Å². The monoisotopic (exact) mass is 332 g/mol. The molecule has 0 N–H and O–H groups in total. The number of carbonyl (C=O) groups excluding carboxylic acids is 1. The summed E-state index contributed by atoms with van der Waals surface area (Å²) in [6.07, 6.45) is 14.1. The standard InChI is InChI=1S/C22H36O2/c1-18(2)10-7-12-20(5)14-9-15-22(23)24-17-16-21(6)13-8-11-19(3)4/h10-11,14,16H,7-9,12-13,15,17H2,1-6H3/b20-14+,21-16-. The molecule has 0 bridgehead atoms. The Labute approximate surface area is 149 Å². The van der Waals surface area contributed by atoms with E-state index in [1.165, 1.54) is 22.3 Å². The van der Waals surface area contributed by atoms with Crippen LogP contribution in [0.15, 0.2) is 46.6 Å². The van der Waals surface area contributed by atoms with Crippen LogP contribution in [0.5, 0.6) is 0 Å². The summed E-state index contributed by atoms with van der Waals surface area (Å²) >= 11 is 0. The molecule has 136 valence electrons. The lowest BCUT2D eigenvalue weighted by Crippen LogP contribution is -2.04. The first-order chi connectivity index (χ1) is 11.3. The second kappa shape index (κ2) is 13.8. The fourth-order valence-corrected chi connectivity index (χ4v) is 2.17. The highest BCUT2D eigenvalue weighted by Crippen LogP contribution is 2.09. The molecule has 24 heavy (non-hydrogen) atoms. The van der Waals surface area contributed by atoms with Crippen molar-refractivity contribution in [3.8, 4) is 0 Å². The predicted octanol–water partition coefficient (Wildman–Crippen LogP) is 6.70. The van der Waals surface area contributed by atoms with Crippen LogP contribution >= 0.6 is 0 Å². The van der Waals surface area contributed by atoms with Crippen LogP contribution in [-0.4, -0.2) is 12.6 Å². The van der Waals surface area contributed by atoms with Crippen LogP contribution in [0.4, 0.5) is 0 Å². The molecular formula is C22H36O2. The van der Waals surface area contributed by atoms with E-state index in [4.69, 9.17) is 4.74 Å². The number of ether oxygens (including phenoxy) is 1. The molecule has 0 aromatic heterocycles. The largest absolute Gasteiger partial charge is 0.461 e. The third-order valence-electron chi connectivity index (χ3n) is 3.70. The number of hydrogen-bond acceptors (Lipinski definition) is 2. The zero-order chi connectivity index (χ0) is 18.4. The van der Waals surface area contributed by atoms with Gasteiger partial charge in [-0.25, -0.2) is 0 Å². The molecule has 2 heteroatoms. The summed E-state index contributed by atoms with van der Waals surface area (Å²) in [5, 5.41) is 0. The van der Waals surface area contributed by atoms with Gasteiger partial charge in [0, 0.05) is 6.42 Å². The molecule has 0 saturated heterocycles. The van der Waals surface area contributed by atoms with Gasteiger partial charge in [0.15, 0.2) is 0 Å². The Morgan fingerprint density at radius 2 is 1.12 bits per heavy atom. The molecule has 0 spiro atoms. The summed E-state index contributed by atoms with van der Waals surface area (Å²) in [6, 6.07) is 0. The zero-order valence-corrected chi connectivity index (χ0v) is 16.6. The Bertz CT molecular complexity index is 438. The van der Waals surface area contributed by atoms with Gasteiger partial charge in [-0.3, -0.25) is 4.79 Å². The summed E-state index contributed by atoms with van der Waals surface area (Å²) in [4.78, 5) is 11.7. The van der Waals surface area contributed by atoms with Crippen LogP contribution in [0.25, 0.3) is 0 Å². The second-order valence-electron chi connectivity index (χ2n) is 6.96. The molecule has 0 saturated carbocycles. The van der Waals surface area contributed by atoms with Crippen LogP contribution in [-0.2, 0) is 9.53 Å². The third-order valence-corrected chi connectivity index (χ3v) is 3.70. The molecule has 0 aliphatic heterocycles. The molecule has 0 atom stereocenters. The molecule has 0 unspecified atom stereocenters. The molecule has 0 aliphatic carbocycles. The second-order valence-corrected chi connectivity index (χ2v) is 6.96. The van der Waals surface area contributed by atoms with E-state index in [9.17, 15) is 4.79 Å². The minimum Gasteiger partial charge on any atom is -0.461 e. The van der Waals surface area contributed by atoms with Gasteiger partial charge in [0.2, 0.25) is 0 Å². The number of carbonyl (C=O) groups is 1. The van der Waals surface area contributed by atoms with Crippen molar-refractivity contribution >= 4 is 5.97 Å². The number of allylic oxidation sites excluding steroid dienone is 7. The Balaban J connectivity index is 3.90. The summed E-state index contributed by atoms with van der Waals surface area (Å²) in [6.45, 7) is 13.1. The summed E-state index contributed by atoms with van der Waals surface area (Å²) < 4.78 is 5.27. The third kappa shape index (κ3) is 15.3. The fourth-order valence-electron chi connectivity index (χ4n) is 2.17. The average molecular weight is 333 g/mol. The highest BCUT2D eigenvalue weighted by atomic mass is 16.5. The fraction of sp³-hybridized carbons (Fsp3) is 0.591. The smallest absolute Gasteiger partial charge is 0.306 e. The Hall–Kier alpha value is -1.57. The van der Waals surface area contributed by atoms with E-state index in [2.05, 4.69) is 59.8 Å². The zero-order valence-electron chi connectivity index (χ0n) is 16.6. The van der Waals surface area contributed by atoms with E-state index in [0.29, 0.717) is 13.0 Å². The van der Waals surface area contributed by atoms with Crippen molar-refractivity contribution in [2.24, 2.45) is 0 Å². The maximum Gasteiger partial charge on any atom is 0.306 e. The van der Waals surface area contributed by atoms with Gasteiger partial charge in [-0.1, -0.05) is 40.5 Å². The number of rotatable bonds is 11. The molecule has 0 heterocycles. The molecule has 0 fully saturated rings. The van der Waals surface area contributed by atoms with Crippen molar-refractivity contribution in [3.63, 3.8) is 0 Å². The molecule has 0 aromatic rings. The van der Waals surface area contributed by atoms with Gasteiger partial charge in [0.1, 0.15) is 6.61 Å². The van der Waals surface area contributed by atoms with Gasteiger partial charge < -0.3 is 4.74 Å². The van der Waals surface area contributed by atoms with Crippen LogP contribution in [0.3, 0.4) is 0 Å². The molecule has 0 amide bonds. The van der Waals surface area contributed by atoms with E-state index in [-0.39, 0.29) is 5.97 Å². The Morgan fingerprint density at radius 3 is 1.62 bits per heavy atom. The summed E-state index contributed by atoms with van der Waals surface area (Å²) in [7, 11) is 0. The summed E-state index contributed by atoms with van der Waals surface area (Å²) in [5.74, 6) is -0.114. The van der Waals surface area contributed by atoms with Crippen molar-refractivity contribution < 1.29 is 9.53 Å². The van der Waals surface area contributed by atoms with Crippen LogP contribution < -0.4 is 0 Å². The lowest BCUT2D eigenvalue weighted by molar-refractivity contribution is -0.142. The topological polar surface area (TPSA) is 26.3 Å². The minimum absolute atomic E-state index is 0.114. The van der Waals surface area contributed by atoms with Gasteiger partial charge in [-0.15, -0.1) is 0 Å². The predicted molar refractivity (Wildman–Crippen MR) is 105 cm³/mol. The first kappa shape index (κ1) is 22.4. The number of esters is 1. The van der Waals surface area contributed by atoms with Gasteiger partial charge in [-0.2, -0.15) is 0 Å². The molecule has 0 radical (unpaired) electrons. The van der Waals surface area contributed by atoms with E-state index in [1.54, 1.807) is 0 Å².